The van der Waals surface area contributed by atoms with Crippen molar-refractivity contribution in [3.63, 3.8) is 0 Å². The smallest absolute Gasteiger partial charge is 0.0743 e. The Kier molecular flexibility index (Phi) is 4.25. The van der Waals surface area contributed by atoms with Crippen LogP contribution in [0.1, 0.15) is 36.8 Å². The predicted octanol–water partition coefficient (Wildman–Crippen LogP) is 2.19. The Hall–Kier alpha value is -1.06. The minimum Gasteiger partial charge on any atom is -0.391 e. The van der Waals surface area contributed by atoms with Crippen LogP contribution in [0.2, 0.25) is 0 Å². The number of aryl methyl sites for hydroxylation is 1. The normalized spacial score (nSPS) is 24.0. The van der Waals surface area contributed by atoms with E-state index in [4.69, 9.17) is 5.73 Å². The maximum Gasteiger partial charge on any atom is 0.0743 e. The summed E-state index contributed by atoms with van der Waals surface area (Å²) in [6.07, 6.45) is 4.11. The first kappa shape index (κ1) is 13.4. The fraction of sp³-hybridized carbons (Fsp3) is 0.600. The van der Waals surface area contributed by atoms with Crippen molar-refractivity contribution in [2.24, 2.45) is 5.73 Å². The summed E-state index contributed by atoms with van der Waals surface area (Å²) in [5.74, 6) is 0. The van der Waals surface area contributed by atoms with Gasteiger partial charge in [0, 0.05) is 19.3 Å². The molecule has 1 aliphatic carbocycles. The molecule has 1 fully saturated rings. The number of hydrogen-bond acceptors (Lipinski definition) is 3. The highest BCUT2D eigenvalue weighted by molar-refractivity contribution is 5.55. The molecule has 2 unspecified atom stereocenters. The number of likely N-dealkylation sites (N-methyl/N-ethyl adjacent to an activating group) is 1. The van der Waals surface area contributed by atoms with Gasteiger partial charge in [-0.1, -0.05) is 30.5 Å². The van der Waals surface area contributed by atoms with Gasteiger partial charge >= 0.3 is 0 Å². The molecule has 0 amide bonds. The molecule has 1 aliphatic rings. The molecule has 0 spiro atoms. The first-order chi connectivity index (χ1) is 8.63. The average Bonchev–Trinajstić information content (AvgIpc) is 2.38. The van der Waals surface area contributed by atoms with Crippen LogP contribution in [0.3, 0.4) is 0 Å². The van der Waals surface area contributed by atoms with Gasteiger partial charge in [0.05, 0.1) is 12.1 Å². The number of anilines is 1. The number of hydrogen-bond donors (Lipinski definition) is 2. The molecule has 0 saturated heterocycles. The van der Waals surface area contributed by atoms with E-state index in [-0.39, 0.29) is 12.1 Å². The molecule has 0 aromatic heterocycles. The van der Waals surface area contributed by atoms with Crippen LogP contribution in [0.15, 0.2) is 18.2 Å². The van der Waals surface area contributed by atoms with E-state index in [0.29, 0.717) is 6.54 Å². The van der Waals surface area contributed by atoms with Gasteiger partial charge in [-0.2, -0.15) is 0 Å². The van der Waals surface area contributed by atoms with Crippen molar-refractivity contribution in [1.29, 1.82) is 0 Å². The number of aliphatic hydroxyl groups excluding tert-OH is 1. The van der Waals surface area contributed by atoms with Gasteiger partial charge in [0.2, 0.25) is 0 Å². The first-order valence-corrected chi connectivity index (χ1v) is 6.84. The number of rotatable bonds is 3. The lowest BCUT2D eigenvalue weighted by Crippen LogP contribution is -2.43. The van der Waals surface area contributed by atoms with Crippen LogP contribution in [0.4, 0.5) is 5.69 Å². The molecule has 0 heterocycles. The first-order valence-electron chi connectivity index (χ1n) is 6.84. The van der Waals surface area contributed by atoms with Crippen LogP contribution in [-0.4, -0.2) is 24.3 Å². The summed E-state index contributed by atoms with van der Waals surface area (Å²) < 4.78 is 0. The molecular weight excluding hydrogens is 224 g/mol. The Morgan fingerprint density at radius 3 is 2.72 bits per heavy atom. The van der Waals surface area contributed by atoms with E-state index in [0.717, 1.165) is 30.5 Å². The van der Waals surface area contributed by atoms with Gasteiger partial charge in [0.15, 0.2) is 0 Å². The molecule has 1 aromatic carbocycles. The van der Waals surface area contributed by atoms with Crippen LogP contribution in [0, 0.1) is 6.92 Å². The second-order valence-corrected chi connectivity index (χ2v) is 5.37. The van der Waals surface area contributed by atoms with Crippen molar-refractivity contribution in [1.82, 2.24) is 0 Å². The van der Waals surface area contributed by atoms with Gasteiger partial charge in [-0.25, -0.2) is 0 Å². The summed E-state index contributed by atoms with van der Waals surface area (Å²) in [7, 11) is 2.07. The molecule has 0 bridgehead atoms. The van der Waals surface area contributed by atoms with E-state index in [1.54, 1.807) is 0 Å². The van der Waals surface area contributed by atoms with Crippen molar-refractivity contribution in [2.75, 3.05) is 11.9 Å². The van der Waals surface area contributed by atoms with Crippen molar-refractivity contribution in [2.45, 2.75) is 51.3 Å². The summed E-state index contributed by atoms with van der Waals surface area (Å²) in [6.45, 7) is 2.63. The van der Waals surface area contributed by atoms with E-state index >= 15 is 0 Å². The maximum absolute atomic E-state index is 10.1. The summed E-state index contributed by atoms with van der Waals surface area (Å²) in [5, 5.41) is 10.1. The zero-order chi connectivity index (χ0) is 13.1. The zero-order valence-corrected chi connectivity index (χ0v) is 11.4. The van der Waals surface area contributed by atoms with E-state index in [1.165, 1.54) is 12.0 Å². The molecule has 2 rings (SSSR count). The lowest BCUT2D eigenvalue weighted by atomic mass is 9.91. The lowest BCUT2D eigenvalue weighted by molar-refractivity contribution is 0.106. The number of aliphatic hydroxyl groups is 1. The molecule has 18 heavy (non-hydrogen) atoms. The topological polar surface area (TPSA) is 49.5 Å². The Balaban J connectivity index is 2.24. The van der Waals surface area contributed by atoms with Crippen LogP contribution in [0.5, 0.6) is 0 Å². The summed E-state index contributed by atoms with van der Waals surface area (Å²) in [5.41, 5.74) is 9.39. The van der Waals surface area contributed by atoms with Gasteiger partial charge in [-0.3, -0.25) is 0 Å². The van der Waals surface area contributed by atoms with Crippen LogP contribution < -0.4 is 10.6 Å². The third kappa shape index (κ3) is 2.68. The third-order valence-corrected chi connectivity index (χ3v) is 4.03. The van der Waals surface area contributed by atoms with Crippen LogP contribution in [0.25, 0.3) is 0 Å². The molecule has 2 atom stereocenters. The Bertz CT molecular complexity index is 405. The predicted molar refractivity (Wildman–Crippen MR) is 75.7 cm³/mol. The third-order valence-electron chi connectivity index (χ3n) is 4.03. The minimum atomic E-state index is -0.212. The van der Waals surface area contributed by atoms with E-state index < -0.39 is 0 Å². The molecule has 0 aliphatic heterocycles. The number of nitrogens with two attached hydrogens (primary N) is 1. The van der Waals surface area contributed by atoms with Crippen molar-refractivity contribution >= 4 is 5.69 Å². The largest absolute Gasteiger partial charge is 0.391 e. The average molecular weight is 248 g/mol. The maximum atomic E-state index is 10.1. The highest BCUT2D eigenvalue weighted by Crippen LogP contribution is 2.29. The fourth-order valence-electron chi connectivity index (χ4n) is 2.94. The van der Waals surface area contributed by atoms with Gasteiger partial charge in [-0.05, 0) is 31.4 Å². The van der Waals surface area contributed by atoms with Gasteiger partial charge in [-0.15, -0.1) is 0 Å². The second kappa shape index (κ2) is 5.72. The molecule has 1 saturated carbocycles. The molecule has 1 aromatic rings. The summed E-state index contributed by atoms with van der Waals surface area (Å²) >= 11 is 0. The Labute approximate surface area is 110 Å². The monoisotopic (exact) mass is 248 g/mol. The fourth-order valence-corrected chi connectivity index (χ4v) is 2.94. The quantitative estimate of drug-likeness (QED) is 0.862. The van der Waals surface area contributed by atoms with Crippen molar-refractivity contribution < 1.29 is 5.11 Å². The summed E-state index contributed by atoms with van der Waals surface area (Å²) in [4.78, 5) is 2.21. The summed E-state index contributed by atoms with van der Waals surface area (Å²) in [6, 6.07) is 6.60. The van der Waals surface area contributed by atoms with E-state index in [2.05, 4.69) is 37.1 Å². The molecular formula is C15H24N2O. The number of nitrogens with zero attached hydrogens (tertiary/aromatic N) is 1. The SMILES string of the molecule is Cc1ccc(N(C)C2CCCCC2O)c(CN)c1. The molecule has 0 radical (unpaired) electrons. The standard InChI is InChI=1S/C15H24N2O/c1-11-7-8-13(12(9-11)10-16)17(2)14-5-3-4-6-15(14)18/h7-9,14-15,18H,3-6,10,16H2,1-2H3. The molecule has 3 N–H and O–H groups in total. The Morgan fingerprint density at radius 2 is 2.06 bits per heavy atom. The second-order valence-electron chi connectivity index (χ2n) is 5.37. The molecule has 100 valence electrons. The van der Waals surface area contributed by atoms with Crippen molar-refractivity contribution in [3.05, 3.63) is 29.3 Å². The minimum absolute atomic E-state index is 0.212. The van der Waals surface area contributed by atoms with E-state index in [9.17, 15) is 5.11 Å². The van der Waals surface area contributed by atoms with Gasteiger partial charge in [0.1, 0.15) is 0 Å². The van der Waals surface area contributed by atoms with Gasteiger partial charge in [0.25, 0.3) is 0 Å². The number of benzene rings is 1. The molecule has 3 nitrogen and oxygen atoms in total. The van der Waals surface area contributed by atoms with Crippen LogP contribution in [-0.2, 0) is 6.54 Å². The zero-order valence-electron chi connectivity index (χ0n) is 11.4. The van der Waals surface area contributed by atoms with Crippen molar-refractivity contribution in [3.8, 4) is 0 Å². The lowest BCUT2D eigenvalue weighted by Gasteiger charge is -2.37. The molecule has 3 heteroatoms. The van der Waals surface area contributed by atoms with E-state index in [1.807, 2.05) is 0 Å². The highest BCUT2D eigenvalue weighted by atomic mass is 16.3. The van der Waals surface area contributed by atoms with Gasteiger partial charge < -0.3 is 15.7 Å². The van der Waals surface area contributed by atoms with Crippen LogP contribution >= 0.6 is 0 Å². The highest BCUT2D eigenvalue weighted by Gasteiger charge is 2.27. The Morgan fingerprint density at radius 1 is 1.33 bits per heavy atom.